The molecule has 3 heterocycles. The Labute approximate surface area is 168 Å². The van der Waals surface area contributed by atoms with E-state index in [2.05, 4.69) is 4.98 Å². The number of fused-ring (bicyclic) bond motifs is 3. The summed E-state index contributed by atoms with van der Waals surface area (Å²) in [4.78, 5) is 33.6. The highest BCUT2D eigenvalue weighted by Gasteiger charge is 2.38. The minimum atomic E-state index is -0.189. The molecule has 2 atom stereocenters. The number of halogens is 1. The summed E-state index contributed by atoms with van der Waals surface area (Å²) in [5, 5.41) is 0.613. The first-order valence-electron chi connectivity index (χ1n) is 9.32. The quantitative estimate of drug-likeness (QED) is 0.785. The van der Waals surface area contributed by atoms with Crippen LogP contribution in [0.25, 0.3) is 0 Å². The van der Waals surface area contributed by atoms with Crippen LogP contribution in [-0.4, -0.2) is 65.5 Å². The standard InChI is InChI=1S/C20H22ClN3O4/c1-13-19(28-12-22-13)20(26)23-7-15-8-24(17(9-23)11-27-10-15)18(25)6-14-3-2-4-16(21)5-14/h2-5,12,15,17H,6-11H2,1H3/t15-,17-/m0/s1. The van der Waals surface area contributed by atoms with Crippen LogP contribution in [0.3, 0.4) is 0 Å². The molecule has 1 aromatic carbocycles. The summed E-state index contributed by atoms with van der Waals surface area (Å²) in [6.07, 6.45) is 1.56. The minimum Gasteiger partial charge on any atom is -0.438 e. The maximum absolute atomic E-state index is 13.0. The van der Waals surface area contributed by atoms with Crippen LogP contribution < -0.4 is 0 Å². The summed E-state index contributed by atoms with van der Waals surface area (Å²) in [7, 11) is 0. The lowest BCUT2D eigenvalue weighted by molar-refractivity contribution is -0.133. The molecule has 8 heteroatoms. The van der Waals surface area contributed by atoms with Crippen molar-refractivity contribution in [1.29, 1.82) is 0 Å². The molecule has 148 valence electrons. The fourth-order valence-corrected chi connectivity index (χ4v) is 4.10. The summed E-state index contributed by atoms with van der Waals surface area (Å²) in [5.74, 6) is 0.157. The van der Waals surface area contributed by atoms with Gasteiger partial charge in [0.2, 0.25) is 11.7 Å². The number of rotatable bonds is 3. The monoisotopic (exact) mass is 403 g/mol. The van der Waals surface area contributed by atoms with E-state index >= 15 is 0 Å². The molecule has 0 spiro atoms. The van der Waals surface area contributed by atoms with Gasteiger partial charge >= 0.3 is 0 Å². The molecule has 0 unspecified atom stereocenters. The highest BCUT2D eigenvalue weighted by Crippen LogP contribution is 2.23. The average molecular weight is 404 g/mol. The summed E-state index contributed by atoms with van der Waals surface area (Å²) < 4.78 is 11.0. The van der Waals surface area contributed by atoms with Gasteiger partial charge in [0.15, 0.2) is 6.39 Å². The van der Waals surface area contributed by atoms with E-state index in [0.717, 1.165) is 5.56 Å². The van der Waals surface area contributed by atoms with Gasteiger partial charge in [-0.2, -0.15) is 0 Å². The smallest absolute Gasteiger partial charge is 0.291 e. The van der Waals surface area contributed by atoms with Crippen molar-refractivity contribution >= 4 is 23.4 Å². The van der Waals surface area contributed by atoms with E-state index in [1.807, 2.05) is 23.1 Å². The summed E-state index contributed by atoms with van der Waals surface area (Å²) in [6.45, 7) is 4.20. The number of nitrogens with zero attached hydrogens (tertiary/aromatic N) is 3. The van der Waals surface area contributed by atoms with Gasteiger partial charge < -0.3 is 19.0 Å². The average Bonchev–Trinajstić information content (AvgIpc) is 2.87. The number of hydrogen-bond donors (Lipinski definition) is 0. The molecule has 2 saturated heterocycles. The Morgan fingerprint density at radius 2 is 2.11 bits per heavy atom. The van der Waals surface area contributed by atoms with Gasteiger partial charge in [-0.1, -0.05) is 23.7 Å². The number of aromatic nitrogens is 1. The molecule has 4 rings (SSSR count). The maximum Gasteiger partial charge on any atom is 0.291 e. The topological polar surface area (TPSA) is 75.9 Å². The Hall–Kier alpha value is -2.38. The number of oxazole rings is 1. The number of carbonyl (C=O) groups excluding carboxylic acids is 2. The SMILES string of the molecule is Cc1ncoc1C(=O)N1C[C@@H]2COC[C@H](C1)N(C(=O)Cc1cccc(Cl)c1)C2. The van der Waals surface area contributed by atoms with Gasteiger partial charge in [-0.25, -0.2) is 4.98 Å². The number of ether oxygens (including phenoxy) is 1. The normalized spacial score (nSPS) is 22.1. The molecule has 2 aromatic rings. The Kier molecular flexibility index (Phi) is 5.37. The van der Waals surface area contributed by atoms with Crippen LogP contribution in [0, 0.1) is 12.8 Å². The molecule has 2 bridgehead atoms. The van der Waals surface area contributed by atoms with Gasteiger partial charge in [-0.3, -0.25) is 9.59 Å². The first-order chi connectivity index (χ1) is 13.5. The molecule has 2 amide bonds. The number of aryl methyl sites for hydroxylation is 1. The first kappa shape index (κ1) is 19.0. The summed E-state index contributed by atoms with van der Waals surface area (Å²) in [5.41, 5.74) is 1.45. The number of benzene rings is 1. The Bertz CT molecular complexity index is 884. The molecule has 0 aliphatic carbocycles. The molecule has 0 radical (unpaired) electrons. The molecule has 7 nitrogen and oxygen atoms in total. The fraction of sp³-hybridized carbons (Fsp3) is 0.450. The van der Waals surface area contributed by atoms with Crippen LogP contribution >= 0.6 is 11.6 Å². The number of carbonyl (C=O) groups is 2. The van der Waals surface area contributed by atoms with Crippen molar-refractivity contribution in [3.8, 4) is 0 Å². The lowest BCUT2D eigenvalue weighted by atomic mass is 10.1. The van der Waals surface area contributed by atoms with E-state index in [0.29, 0.717) is 43.6 Å². The van der Waals surface area contributed by atoms with Crippen LogP contribution in [0.15, 0.2) is 35.1 Å². The number of hydrogen-bond acceptors (Lipinski definition) is 5. The van der Waals surface area contributed by atoms with Gasteiger partial charge in [0.25, 0.3) is 5.91 Å². The van der Waals surface area contributed by atoms with Crippen molar-refractivity contribution in [3.63, 3.8) is 0 Å². The predicted molar refractivity (Wildman–Crippen MR) is 102 cm³/mol. The van der Waals surface area contributed by atoms with E-state index < -0.39 is 0 Å². The van der Waals surface area contributed by atoms with Gasteiger partial charge in [0.05, 0.1) is 31.4 Å². The third-order valence-corrected chi connectivity index (χ3v) is 5.50. The molecular formula is C20H22ClN3O4. The molecular weight excluding hydrogens is 382 g/mol. The van der Waals surface area contributed by atoms with Crippen LogP contribution in [0.4, 0.5) is 0 Å². The number of amides is 2. The predicted octanol–water partition coefficient (Wildman–Crippen LogP) is 2.18. The van der Waals surface area contributed by atoms with Gasteiger partial charge in [-0.05, 0) is 24.6 Å². The first-order valence-corrected chi connectivity index (χ1v) is 9.70. The van der Waals surface area contributed by atoms with Gasteiger partial charge in [0.1, 0.15) is 0 Å². The van der Waals surface area contributed by atoms with Crippen LogP contribution in [0.2, 0.25) is 5.02 Å². The van der Waals surface area contributed by atoms with E-state index in [1.165, 1.54) is 6.39 Å². The minimum absolute atomic E-state index is 0.0212. The summed E-state index contributed by atoms with van der Waals surface area (Å²) in [6, 6.07) is 7.15. The molecule has 2 aliphatic rings. The van der Waals surface area contributed by atoms with Crippen LogP contribution in [0.1, 0.15) is 21.8 Å². The van der Waals surface area contributed by atoms with Gasteiger partial charge in [0, 0.05) is 30.6 Å². The molecule has 2 aliphatic heterocycles. The third-order valence-electron chi connectivity index (χ3n) is 5.26. The molecule has 0 saturated carbocycles. The van der Waals surface area contributed by atoms with E-state index in [1.54, 1.807) is 17.9 Å². The van der Waals surface area contributed by atoms with Crippen molar-refractivity contribution in [2.75, 3.05) is 32.8 Å². The Morgan fingerprint density at radius 3 is 2.86 bits per heavy atom. The lowest BCUT2D eigenvalue weighted by Crippen LogP contribution is -2.48. The van der Waals surface area contributed by atoms with E-state index in [9.17, 15) is 9.59 Å². The molecule has 28 heavy (non-hydrogen) atoms. The van der Waals surface area contributed by atoms with Crippen molar-refractivity contribution in [1.82, 2.24) is 14.8 Å². The van der Waals surface area contributed by atoms with Crippen LogP contribution in [0.5, 0.6) is 0 Å². The van der Waals surface area contributed by atoms with Crippen molar-refractivity contribution in [3.05, 3.63) is 52.7 Å². The second kappa shape index (κ2) is 7.93. The third kappa shape index (κ3) is 3.91. The second-order valence-corrected chi connectivity index (χ2v) is 7.82. The van der Waals surface area contributed by atoms with E-state index in [4.69, 9.17) is 20.8 Å². The Balaban J connectivity index is 1.52. The fourth-order valence-electron chi connectivity index (χ4n) is 3.89. The summed E-state index contributed by atoms with van der Waals surface area (Å²) >= 11 is 6.04. The lowest BCUT2D eigenvalue weighted by Gasteiger charge is -2.31. The maximum atomic E-state index is 13.0. The molecule has 0 N–H and O–H groups in total. The van der Waals surface area contributed by atoms with Crippen molar-refractivity contribution < 1.29 is 18.7 Å². The highest BCUT2D eigenvalue weighted by atomic mass is 35.5. The van der Waals surface area contributed by atoms with Crippen molar-refractivity contribution in [2.24, 2.45) is 5.92 Å². The second-order valence-electron chi connectivity index (χ2n) is 7.39. The molecule has 1 aromatic heterocycles. The van der Waals surface area contributed by atoms with Crippen LogP contribution in [-0.2, 0) is 16.0 Å². The zero-order chi connectivity index (χ0) is 19.7. The van der Waals surface area contributed by atoms with E-state index in [-0.39, 0.29) is 36.0 Å². The van der Waals surface area contributed by atoms with Crippen molar-refractivity contribution in [2.45, 2.75) is 19.4 Å². The zero-order valence-electron chi connectivity index (χ0n) is 15.6. The Morgan fingerprint density at radius 1 is 1.25 bits per heavy atom. The highest BCUT2D eigenvalue weighted by molar-refractivity contribution is 6.30. The molecule has 2 fully saturated rings. The van der Waals surface area contributed by atoms with Gasteiger partial charge in [-0.15, -0.1) is 0 Å². The zero-order valence-corrected chi connectivity index (χ0v) is 16.4. The largest absolute Gasteiger partial charge is 0.438 e.